The topological polar surface area (TPSA) is 451 Å². The highest BCUT2D eigenvalue weighted by atomic mass is 16.8. The molecule has 29 heteroatoms. The van der Waals surface area contributed by atoms with Gasteiger partial charge in [0.05, 0.1) is 31.5 Å². The SMILES string of the molecule is CC(=O)N[C@H]1C(O)O[C@H](CO)[C@@H](O)[C@@H]1O[C@H]1O[C@@H](C)[C@H](O[C@H]2O[C@@H](C)[C@H](O)[C@@H](O[C@@H]3O[C@@H](C)[C@H](O)[C@@H](O[C@@H]4O[C@H](CO)[C@@H](O)[C@H]4O)[C@H]3O[C@H]3O[C@H](C(=O)O)[C@@H](O)[C@H](O)[C@H]3O)[C@H]2O)[C@@H](O)[C@H]1O. The number of aliphatic hydroxyl groups excluding tert-OH is 14. The quantitative estimate of drug-likeness (QED) is 0.0768. The molecule has 6 rings (SSSR count). The maximum absolute atomic E-state index is 11.9. The van der Waals surface area contributed by atoms with E-state index in [9.17, 15) is 86.2 Å². The molecule has 0 spiro atoms. The summed E-state index contributed by atoms with van der Waals surface area (Å²) in [6, 6.07) is -1.45. The molecule has 382 valence electrons. The van der Waals surface area contributed by atoms with Crippen molar-refractivity contribution in [3.8, 4) is 0 Å². The average Bonchev–Trinajstić information content (AvgIpc) is 3.54. The van der Waals surface area contributed by atoms with Crippen molar-refractivity contribution in [3.05, 3.63) is 0 Å². The highest BCUT2D eigenvalue weighted by Gasteiger charge is 2.58. The predicted octanol–water partition coefficient (Wildman–Crippen LogP) is -10.1. The zero-order valence-corrected chi connectivity index (χ0v) is 35.7. The normalized spacial score (nSPS) is 52.5. The van der Waals surface area contributed by atoms with Crippen LogP contribution in [0.4, 0.5) is 0 Å². The molecule has 66 heavy (non-hydrogen) atoms. The Kier molecular flexibility index (Phi) is 17.7. The monoisotopic (exact) mass is 967 g/mol. The van der Waals surface area contributed by atoms with Crippen molar-refractivity contribution in [2.75, 3.05) is 13.2 Å². The molecule has 6 aliphatic heterocycles. The summed E-state index contributed by atoms with van der Waals surface area (Å²) in [6.07, 6.45) is -50.5. The number of rotatable bonds is 14. The van der Waals surface area contributed by atoms with Gasteiger partial charge in [-0.3, -0.25) is 4.79 Å². The zero-order valence-electron chi connectivity index (χ0n) is 35.7. The molecule has 6 saturated heterocycles. The minimum Gasteiger partial charge on any atom is -0.479 e. The van der Waals surface area contributed by atoms with Crippen LogP contribution in [0.15, 0.2) is 0 Å². The summed E-state index contributed by atoms with van der Waals surface area (Å²) in [7, 11) is 0. The van der Waals surface area contributed by atoms with Gasteiger partial charge in [-0.2, -0.15) is 0 Å². The Balaban J connectivity index is 1.22. The molecule has 0 aromatic heterocycles. The number of nitrogens with one attached hydrogen (secondary N) is 1. The van der Waals surface area contributed by atoms with Gasteiger partial charge in [-0.1, -0.05) is 0 Å². The predicted molar refractivity (Wildman–Crippen MR) is 201 cm³/mol. The van der Waals surface area contributed by atoms with E-state index in [1.807, 2.05) is 0 Å². The van der Waals surface area contributed by atoms with Crippen LogP contribution in [-0.4, -0.2) is 280 Å². The Hall–Kier alpha value is -2.06. The van der Waals surface area contributed by atoms with Crippen LogP contribution < -0.4 is 5.32 Å². The van der Waals surface area contributed by atoms with Crippen LogP contribution in [0.3, 0.4) is 0 Å². The van der Waals surface area contributed by atoms with Gasteiger partial charge in [-0.15, -0.1) is 0 Å². The number of carbonyl (C=O) groups is 2. The van der Waals surface area contributed by atoms with E-state index in [-0.39, 0.29) is 0 Å². The first-order chi connectivity index (χ1) is 31.0. The third-order valence-corrected chi connectivity index (χ3v) is 12.3. The lowest BCUT2D eigenvalue weighted by Crippen LogP contribution is -2.68. The Bertz CT molecular complexity index is 1600. The largest absolute Gasteiger partial charge is 0.479 e. The second-order valence-electron chi connectivity index (χ2n) is 17.0. The van der Waals surface area contributed by atoms with E-state index in [0.29, 0.717) is 0 Å². The first-order valence-electron chi connectivity index (χ1n) is 21.1. The molecule has 0 aromatic rings. The van der Waals surface area contributed by atoms with Crippen molar-refractivity contribution in [2.24, 2.45) is 0 Å². The molecule has 1 amide bonds. The number of aliphatic carboxylic acids is 1. The standard InChI is InChI=1S/C37H61NO28/c1-7-14(42)27(24(52)36(56-7)61-25-9(3)58-33(23(51)20(25)48)62-26-13(38-10(4)41)32(55)59-12(6-40)17(26)45)63-37-30(66-35-22(50)18(46)19(47)29(65-35)31(53)54)28(15(43)8(2)57-37)64-34-21(49)16(44)11(5-39)60-34/h7-9,11-30,32-37,39-40,42-52,55H,5-6H2,1-4H3,(H,38,41)(H,53,54)/t7-,8-,9-,11+,12+,13+,14-,15-,16+,17+,18-,19-,20-,21+,22+,23+,24+,25-,26+,27+,28+,29-,30+,32?,33+,34-,35+,36+,37-/m0/s1. The Morgan fingerprint density at radius 3 is 1.48 bits per heavy atom. The molecule has 0 bridgehead atoms. The Labute approximate surface area is 374 Å². The molecule has 0 radical (unpaired) electrons. The van der Waals surface area contributed by atoms with Crippen molar-refractivity contribution < 1.29 is 138 Å². The fourth-order valence-electron chi connectivity index (χ4n) is 8.52. The lowest BCUT2D eigenvalue weighted by Gasteiger charge is -2.50. The maximum atomic E-state index is 11.9. The number of carboxylic acids is 1. The summed E-state index contributed by atoms with van der Waals surface area (Å²) in [4.78, 5) is 23.8. The van der Waals surface area contributed by atoms with E-state index < -0.39 is 203 Å². The van der Waals surface area contributed by atoms with Crippen LogP contribution in [0.2, 0.25) is 0 Å². The molecule has 0 aromatic carbocycles. The van der Waals surface area contributed by atoms with Gasteiger partial charge in [0.15, 0.2) is 43.8 Å². The second kappa shape index (κ2) is 21.9. The number of amides is 1. The molecular formula is C37H61NO28. The van der Waals surface area contributed by atoms with E-state index >= 15 is 0 Å². The Morgan fingerprint density at radius 1 is 0.439 bits per heavy atom. The number of ether oxygens (including phenoxy) is 11. The van der Waals surface area contributed by atoms with Gasteiger partial charge in [0.2, 0.25) is 5.91 Å². The van der Waals surface area contributed by atoms with Crippen molar-refractivity contribution in [1.82, 2.24) is 5.32 Å². The molecule has 6 heterocycles. The maximum Gasteiger partial charge on any atom is 0.335 e. The minimum atomic E-state index is -2.20. The van der Waals surface area contributed by atoms with Crippen molar-refractivity contribution >= 4 is 11.9 Å². The number of carbonyl (C=O) groups excluding carboxylic acids is 1. The van der Waals surface area contributed by atoms with Crippen LogP contribution in [0.5, 0.6) is 0 Å². The fraction of sp³-hybridized carbons (Fsp3) is 0.946. The first kappa shape index (κ1) is 53.3. The van der Waals surface area contributed by atoms with Crippen LogP contribution in [-0.2, 0) is 61.7 Å². The van der Waals surface area contributed by atoms with Crippen molar-refractivity contribution in [2.45, 2.75) is 206 Å². The molecule has 29 atom stereocenters. The molecule has 0 saturated carbocycles. The van der Waals surface area contributed by atoms with Crippen LogP contribution >= 0.6 is 0 Å². The summed E-state index contributed by atoms with van der Waals surface area (Å²) in [5, 5.41) is 162. The summed E-state index contributed by atoms with van der Waals surface area (Å²) in [5.41, 5.74) is 0. The van der Waals surface area contributed by atoms with Gasteiger partial charge in [0, 0.05) is 6.92 Å². The van der Waals surface area contributed by atoms with E-state index in [1.54, 1.807) is 0 Å². The lowest BCUT2D eigenvalue weighted by molar-refractivity contribution is -0.399. The van der Waals surface area contributed by atoms with Crippen LogP contribution in [0, 0.1) is 0 Å². The van der Waals surface area contributed by atoms with Crippen molar-refractivity contribution in [1.29, 1.82) is 0 Å². The molecule has 6 aliphatic rings. The molecule has 0 aliphatic carbocycles. The van der Waals surface area contributed by atoms with Gasteiger partial charge in [-0.25, -0.2) is 4.79 Å². The average molecular weight is 968 g/mol. The molecular weight excluding hydrogens is 906 g/mol. The summed E-state index contributed by atoms with van der Waals surface area (Å²) < 4.78 is 62.8. The van der Waals surface area contributed by atoms with Gasteiger partial charge in [0.1, 0.15) is 116 Å². The first-order valence-corrected chi connectivity index (χ1v) is 21.1. The highest BCUT2D eigenvalue weighted by Crippen LogP contribution is 2.38. The number of hydrogen-bond acceptors (Lipinski definition) is 27. The second-order valence-corrected chi connectivity index (χ2v) is 17.0. The van der Waals surface area contributed by atoms with E-state index in [2.05, 4.69) is 5.32 Å². The number of hydrogen-bond donors (Lipinski definition) is 16. The highest BCUT2D eigenvalue weighted by molar-refractivity contribution is 5.73. The van der Waals surface area contributed by atoms with Gasteiger partial charge in [0.25, 0.3) is 0 Å². The van der Waals surface area contributed by atoms with Gasteiger partial charge >= 0.3 is 5.97 Å². The summed E-state index contributed by atoms with van der Waals surface area (Å²) in [6.45, 7) is 3.49. The van der Waals surface area contributed by atoms with E-state index in [1.165, 1.54) is 20.8 Å². The van der Waals surface area contributed by atoms with E-state index in [4.69, 9.17) is 52.1 Å². The molecule has 6 fully saturated rings. The van der Waals surface area contributed by atoms with Crippen molar-refractivity contribution in [3.63, 3.8) is 0 Å². The molecule has 16 N–H and O–H groups in total. The minimum absolute atomic E-state index is 0.674. The smallest absolute Gasteiger partial charge is 0.335 e. The lowest BCUT2D eigenvalue weighted by atomic mass is 9.95. The Morgan fingerprint density at radius 2 is 0.894 bits per heavy atom. The summed E-state index contributed by atoms with van der Waals surface area (Å²) in [5.74, 6) is -2.47. The number of carboxylic acid groups (broad SMARTS) is 1. The zero-order chi connectivity index (χ0) is 48.8. The van der Waals surface area contributed by atoms with Gasteiger partial charge in [-0.05, 0) is 20.8 Å². The number of aliphatic hydroxyl groups is 14. The summed E-state index contributed by atoms with van der Waals surface area (Å²) >= 11 is 0. The fourth-order valence-corrected chi connectivity index (χ4v) is 8.52. The molecule has 1 unspecified atom stereocenters. The third-order valence-electron chi connectivity index (χ3n) is 12.3. The third kappa shape index (κ3) is 10.8. The molecule has 29 nitrogen and oxygen atoms in total. The van der Waals surface area contributed by atoms with E-state index in [0.717, 1.165) is 6.92 Å². The van der Waals surface area contributed by atoms with Crippen LogP contribution in [0.1, 0.15) is 27.7 Å². The van der Waals surface area contributed by atoms with Gasteiger partial charge < -0.3 is 134 Å². The van der Waals surface area contributed by atoms with Crippen LogP contribution in [0.25, 0.3) is 0 Å².